The second kappa shape index (κ2) is 6.48. The molecule has 0 aliphatic carbocycles. The first-order valence-corrected chi connectivity index (χ1v) is 5.06. The number of carbonyl (C=O) groups excluding carboxylic acids is 1. The number of nitrogens with zero attached hydrogens (tertiary/aromatic N) is 1. The molecule has 1 rings (SSSR count). The van der Waals surface area contributed by atoms with Crippen LogP contribution >= 0.6 is 0 Å². The Hall–Kier alpha value is -2.09. The molecule has 0 saturated carbocycles. The summed E-state index contributed by atoms with van der Waals surface area (Å²) in [6.07, 6.45) is 0.754. The topological polar surface area (TPSA) is 59.3 Å². The van der Waals surface area contributed by atoms with E-state index in [2.05, 4.69) is 4.74 Å². The van der Waals surface area contributed by atoms with Gasteiger partial charge in [0.1, 0.15) is 17.6 Å². The van der Waals surface area contributed by atoms with Crippen LogP contribution in [-0.4, -0.2) is 19.7 Å². The molecule has 0 spiro atoms. The van der Waals surface area contributed by atoms with Crippen molar-refractivity contribution in [2.75, 3.05) is 13.7 Å². The zero-order chi connectivity index (χ0) is 12.7. The maximum atomic E-state index is 13.2. The summed E-state index contributed by atoms with van der Waals surface area (Å²) in [6, 6.07) is 5.74. The minimum Gasteiger partial charge on any atom is -0.493 e. The van der Waals surface area contributed by atoms with Crippen LogP contribution in [0.25, 0.3) is 0 Å². The summed E-state index contributed by atoms with van der Waals surface area (Å²) in [5.41, 5.74) is -0.0214. The van der Waals surface area contributed by atoms with Crippen LogP contribution in [0.15, 0.2) is 18.2 Å². The van der Waals surface area contributed by atoms with Gasteiger partial charge in [-0.2, -0.15) is 5.26 Å². The quantitative estimate of drug-likeness (QED) is 0.580. The van der Waals surface area contributed by atoms with Crippen molar-refractivity contribution in [2.45, 2.75) is 12.8 Å². The fourth-order valence-electron chi connectivity index (χ4n) is 1.18. The molecule has 4 nitrogen and oxygen atoms in total. The molecule has 0 atom stereocenters. The Labute approximate surface area is 98.6 Å². The van der Waals surface area contributed by atoms with E-state index in [4.69, 9.17) is 10.00 Å². The van der Waals surface area contributed by atoms with Crippen molar-refractivity contribution < 1.29 is 18.7 Å². The van der Waals surface area contributed by atoms with Crippen LogP contribution in [0.4, 0.5) is 4.39 Å². The Morgan fingerprint density at radius 2 is 2.29 bits per heavy atom. The largest absolute Gasteiger partial charge is 0.493 e. The minimum atomic E-state index is -0.613. The third kappa shape index (κ3) is 4.11. The molecule has 1 aromatic carbocycles. The summed E-state index contributed by atoms with van der Waals surface area (Å²) in [7, 11) is 1.32. The van der Waals surface area contributed by atoms with Crippen LogP contribution in [-0.2, 0) is 9.53 Å². The molecule has 90 valence electrons. The smallest absolute Gasteiger partial charge is 0.305 e. The average Bonchev–Trinajstić information content (AvgIpc) is 2.34. The van der Waals surface area contributed by atoms with Gasteiger partial charge in [-0.25, -0.2) is 4.39 Å². The third-order valence-corrected chi connectivity index (χ3v) is 2.08. The van der Waals surface area contributed by atoms with Crippen LogP contribution < -0.4 is 4.74 Å². The fraction of sp³-hybridized carbons (Fsp3) is 0.333. The maximum Gasteiger partial charge on any atom is 0.305 e. The summed E-state index contributed by atoms with van der Waals surface area (Å²) in [6.45, 7) is 0.292. The molecule has 0 aliphatic heterocycles. The highest BCUT2D eigenvalue weighted by atomic mass is 19.1. The number of rotatable bonds is 5. The first-order chi connectivity index (χ1) is 8.17. The zero-order valence-electron chi connectivity index (χ0n) is 9.40. The van der Waals surface area contributed by atoms with Crippen molar-refractivity contribution in [1.82, 2.24) is 0 Å². The Bertz CT molecular complexity index is 440. The lowest BCUT2D eigenvalue weighted by atomic mass is 10.2. The van der Waals surface area contributed by atoms with E-state index >= 15 is 0 Å². The molecule has 0 aliphatic rings. The van der Waals surface area contributed by atoms with Gasteiger partial charge in [-0.3, -0.25) is 4.79 Å². The number of esters is 1. The average molecular weight is 237 g/mol. The van der Waals surface area contributed by atoms with Gasteiger partial charge in [0.2, 0.25) is 0 Å². The predicted molar refractivity (Wildman–Crippen MR) is 57.9 cm³/mol. The second-order valence-corrected chi connectivity index (χ2v) is 3.28. The summed E-state index contributed by atoms with van der Waals surface area (Å²) >= 11 is 0. The minimum absolute atomic E-state index is 0.0214. The Morgan fingerprint density at radius 1 is 1.53 bits per heavy atom. The number of ether oxygens (including phenoxy) is 2. The van der Waals surface area contributed by atoms with Crippen LogP contribution in [0.5, 0.6) is 5.75 Å². The Balaban J connectivity index is 2.40. The van der Waals surface area contributed by atoms with Crippen molar-refractivity contribution in [2.24, 2.45) is 0 Å². The van der Waals surface area contributed by atoms with Crippen LogP contribution in [0, 0.1) is 17.1 Å². The lowest BCUT2D eigenvalue weighted by molar-refractivity contribution is -0.140. The zero-order valence-corrected chi connectivity index (χ0v) is 9.40. The van der Waals surface area contributed by atoms with Gasteiger partial charge in [0, 0.05) is 12.5 Å². The summed E-state index contributed by atoms with van der Waals surface area (Å²) in [5, 5.41) is 8.53. The second-order valence-electron chi connectivity index (χ2n) is 3.28. The van der Waals surface area contributed by atoms with Gasteiger partial charge in [0.15, 0.2) is 0 Å². The Kier molecular flexibility index (Phi) is 4.95. The first-order valence-electron chi connectivity index (χ1n) is 5.06. The van der Waals surface area contributed by atoms with E-state index in [-0.39, 0.29) is 18.0 Å². The molecule has 0 amide bonds. The number of carbonyl (C=O) groups is 1. The maximum absolute atomic E-state index is 13.2. The molecular weight excluding hydrogens is 225 g/mol. The SMILES string of the molecule is COC(=O)CCCOc1ccc(C#N)c(F)c1. The number of benzene rings is 1. The lowest BCUT2D eigenvalue weighted by Crippen LogP contribution is -2.04. The monoisotopic (exact) mass is 237 g/mol. The molecule has 17 heavy (non-hydrogen) atoms. The summed E-state index contributed by atoms with van der Waals surface area (Å²) < 4.78 is 22.9. The number of nitriles is 1. The number of hydrogen-bond donors (Lipinski definition) is 0. The van der Waals surface area contributed by atoms with Gasteiger partial charge in [-0.1, -0.05) is 0 Å². The predicted octanol–water partition coefficient (Wildman–Crippen LogP) is 2.03. The van der Waals surface area contributed by atoms with E-state index in [0.29, 0.717) is 18.8 Å². The molecule has 5 heteroatoms. The van der Waals surface area contributed by atoms with Crippen LogP contribution in [0.3, 0.4) is 0 Å². The standard InChI is InChI=1S/C12H12FNO3/c1-16-12(15)3-2-6-17-10-5-4-9(8-14)11(13)7-10/h4-5,7H,2-3,6H2,1H3. The van der Waals surface area contributed by atoms with Gasteiger partial charge in [0.05, 0.1) is 19.3 Å². The van der Waals surface area contributed by atoms with Gasteiger partial charge >= 0.3 is 5.97 Å². The molecular formula is C12H12FNO3. The van der Waals surface area contributed by atoms with Gasteiger partial charge < -0.3 is 9.47 Å². The van der Waals surface area contributed by atoms with Crippen molar-refractivity contribution in [1.29, 1.82) is 5.26 Å². The van der Waals surface area contributed by atoms with Crippen molar-refractivity contribution in [3.63, 3.8) is 0 Å². The molecule has 0 unspecified atom stereocenters. The number of hydrogen-bond acceptors (Lipinski definition) is 4. The molecule has 0 heterocycles. The van der Waals surface area contributed by atoms with E-state index in [0.717, 1.165) is 6.07 Å². The molecule has 1 aromatic rings. The molecule has 0 bridgehead atoms. The molecule has 0 radical (unpaired) electrons. The lowest BCUT2D eigenvalue weighted by Gasteiger charge is -2.05. The van der Waals surface area contributed by atoms with Crippen LogP contribution in [0.2, 0.25) is 0 Å². The highest BCUT2D eigenvalue weighted by molar-refractivity contribution is 5.69. The van der Waals surface area contributed by atoms with E-state index in [1.165, 1.54) is 19.2 Å². The van der Waals surface area contributed by atoms with Crippen molar-refractivity contribution >= 4 is 5.97 Å². The van der Waals surface area contributed by atoms with E-state index < -0.39 is 5.82 Å². The molecule has 0 aromatic heterocycles. The highest BCUT2D eigenvalue weighted by Crippen LogP contribution is 2.16. The van der Waals surface area contributed by atoms with E-state index in [1.807, 2.05) is 0 Å². The van der Waals surface area contributed by atoms with E-state index in [1.54, 1.807) is 6.07 Å². The Morgan fingerprint density at radius 3 is 2.88 bits per heavy atom. The first kappa shape index (κ1) is 13.0. The third-order valence-electron chi connectivity index (χ3n) is 2.08. The van der Waals surface area contributed by atoms with Gasteiger partial charge in [-0.15, -0.1) is 0 Å². The number of methoxy groups -OCH3 is 1. The van der Waals surface area contributed by atoms with Crippen LogP contribution in [0.1, 0.15) is 18.4 Å². The molecule has 0 N–H and O–H groups in total. The number of halogens is 1. The van der Waals surface area contributed by atoms with Gasteiger partial charge in [0.25, 0.3) is 0 Å². The highest BCUT2D eigenvalue weighted by Gasteiger charge is 2.04. The summed E-state index contributed by atoms with van der Waals surface area (Å²) in [4.78, 5) is 10.8. The van der Waals surface area contributed by atoms with Gasteiger partial charge in [-0.05, 0) is 18.6 Å². The fourth-order valence-corrected chi connectivity index (χ4v) is 1.18. The molecule has 0 saturated heterocycles. The van der Waals surface area contributed by atoms with E-state index in [9.17, 15) is 9.18 Å². The van der Waals surface area contributed by atoms with Crippen molar-refractivity contribution in [3.05, 3.63) is 29.6 Å². The summed E-state index contributed by atoms with van der Waals surface area (Å²) in [5.74, 6) is -0.580. The normalized spacial score (nSPS) is 9.47. The molecule has 0 fully saturated rings. The van der Waals surface area contributed by atoms with Crippen molar-refractivity contribution in [3.8, 4) is 11.8 Å².